The molecule has 0 aliphatic heterocycles. The van der Waals surface area contributed by atoms with Crippen LogP contribution in [0.4, 0.5) is 0 Å². The van der Waals surface area contributed by atoms with Crippen molar-refractivity contribution >= 4 is 5.91 Å². The number of unbranched alkanes of at least 4 members (excludes halogenated alkanes) is 6. The first-order valence-electron chi connectivity index (χ1n) is 10.1. The van der Waals surface area contributed by atoms with Gasteiger partial charge in [0.05, 0.1) is 26.7 Å². The third kappa shape index (κ3) is 11.0. The van der Waals surface area contributed by atoms with Gasteiger partial charge in [-0.3, -0.25) is 4.79 Å². The van der Waals surface area contributed by atoms with Gasteiger partial charge in [-0.2, -0.15) is 0 Å². The second-order valence-corrected chi connectivity index (χ2v) is 8.10. The van der Waals surface area contributed by atoms with Gasteiger partial charge in [0.1, 0.15) is 6.54 Å². The normalized spacial score (nSPS) is 12.8. The lowest BCUT2D eigenvalue weighted by Gasteiger charge is -2.32. The van der Waals surface area contributed by atoms with Gasteiger partial charge in [-0.25, -0.2) is 0 Å². The van der Waals surface area contributed by atoms with Crippen LogP contribution < -0.4 is 5.32 Å². The van der Waals surface area contributed by atoms with Crippen molar-refractivity contribution in [1.82, 2.24) is 5.32 Å². The first kappa shape index (κ1) is 21.7. The van der Waals surface area contributed by atoms with E-state index < -0.39 is 0 Å². The molecule has 1 rings (SSSR count). The highest BCUT2D eigenvalue weighted by Crippen LogP contribution is 2.11. The molecule has 0 bridgehead atoms. The standard InChI is InChI=1S/C22H38N2O/c1-5-6-7-8-9-10-14-17-22(25)23-20(2)18-24(3,4)19-21-15-12-11-13-16-21/h11-13,15-16,20H,5-10,14,17-19H2,1-4H3/p+1. The number of quaternary nitrogens is 1. The monoisotopic (exact) mass is 347 g/mol. The number of nitrogens with zero attached hydrogens (tertiary/aromatic N) is 1. The van der Waals surface area contributed by atoms with Gasteiger partial charge in [0.2, 0.25) is 5.91 Å². The van der Waals surface area contributed by atoms with Gasteiger partial charge in [0.15, 0.2) is 0 Å². The molecule has 0 fully saturated rings. The van der Waals surface area contributed by atoms with Crippen LogP contribution in [-0.4, -0.2) is 37.1 Å². The zero-order chi connectivity index (χ0) is 18.5. The number of hydrogen-bond acceptors (Lipinski definition) is 1. The van der Waals surface area contributed by atoms with Crippen LogP contribution >= 0.6 is 0 Å². The molecule has 1 unspecified atom stereocenters. The maximum absolute atomic E-state index is 12.1. The van der Waals surface area contributed by atoms with E-state index in [1.54, 1.807) is 0 Å². The number of hydrogen-bond donors (Lipinski definition) is 1. The SMILES string of the molecule is CCCCCCCCCC(=O)NC(C)C[N+](C)(C)Cc1ccccc1. The van der Waals surface area contributed by atoms with Gasteiger partial charge < -0.3 is 9.80 Å². The fourth-order valence-electron chi connectivity index (χ4n) is 3.52. The van der Waals surface area contributed by atoms with E-state index in [0.29, 0.717) is 6.42 Å². The number of carbonyl (C=O) groups excluding carboxylic acids is 1. The van der Waals surface area contributed by atoms with E-state index in [4.69, 9.17) is 0 Å². The lowest BCUT2D eigenvalue weighted by molar-refractivity contribution is -0.904. The average molecular weight is 348 g/mol. The molecule has 1 amide bonds. The summed E-state index contributed by atoms with van der Waals surface area (Å²) in [5.74, 6) is 0.209. The summed E-state index contributed by atoms with van der Waals surface area (Å²) in [6.45, 7) is 6.29. The predicted molar refractivity (Wildman–Crippen MR) is 107 cm³/mol. The molecule has 0 aromatic heterocycles. The summed E-state index contributed by atoms with van der Waals surface area (Å²) >= 11 is 0. The second-order valence-electron chi connectivity index (χ2n) is 8.10. The molecule has 1 aromatic rings. The Balaban J connectivity index is 2.19. The molecule has 0 radical (unpaired) electrons. The van der Waals surface area contributed by atoms with Crippen LogP contribution in [0.25, 0.3) is 0 Å². The summed E-state index contributed by atoms with van der Waals surface area (Å²) < 4.78 is 0.878. The van der Waals surface area contributed by atoms with Crippen LogP contribution in [0.1, 0.15) is 70.8 Å². The molecule has 0 saturated carbocycles. The van der Waals surface area contributed by atoms with Crippen molar-refractivity contribution in [2.75, 3.05) is 20.6 Å². The molecular formula is C22H39N2O+. The lowest BCUT2D eigenvalue weighted by Crippen LogP contribution is -2.49. The van der Waals surface area contributed by atoms with Crippen LogP contribution in [0, 0.1) is 0 Å². The molecule has 142 valence electrons. The highest BCUT2D eigenvalue weighted by Gasteiger charge is 2.20. The summed E-state index contributed by atoms with van der Waals surface area (Å²) in [7, 11) is 4.46. The topological polar surface area (TPSA) is 29.1 Å². The van der Waals surface area contributed by atoms with E-state index >= 15 is 0 Å². The Bertz CT molecular complexity index is 470. The first-order valence-corrected chi connectivity index (χ1v) is 10.1. The molecule has 3 heteroatoms. The van der Waals surface area contributed by atoms with Crippen molar-refractivity contribution in [3.63, 3.8) is 0 Å². The van der Waals surface area contributed by atoms with Crippen LogP contribution in [0.2, 0.25) is 0 Å². The van der Waals surface area contributed by atoms with Crippen molar-refractivity contribution in [1.29, 1.82) is 0 Å². The average Bonchev–Trinajstić information content (AvgIpc) is 2.53. The molecule has 25 heavy (non-hydrogen) atoms. The van der Waals surface area contributed by atoms with Crippen LogP contribution in [0.5, 0.6) is 0 Å². The van der Waals surface area contributed by atoms with Gasteiger partial charge in [-0.1, -0.05) is 75.8 Å². The number of nitrogens with one attached hydrogen (secondary N) is 1. The minimum Gasteiger partial charge on any atom is -0.348 e. The molecular weight excluding hydrogens is 308 g/mol. The summed E-state index contributed by atoms with van der Waals surface area (Å²) in [5, 5.41) is 3.18. The molecule has 0 saturated heterocycles. The fourth-order valence-corrected chi connectivity index (χ4v) is 3.52. The van der Waals surface area contributed by atoms with Gasteiger partial charge in [-0.05, 0) is 13.3 Å². The molecule has 1 aromatic carbocycles. The van der Waals surface area contributed by atoms with Gasteiger partial charge in [0.25, 0.3) is 0 Å². The Morgan fingerprint density at radius 2 is 1.60 bits per heavy atom. The van der Waals surface area contributed by atoms with Crippen LogP contribution in [-0.2, 0) is 11.3 Å². The van der Waals surface area contributed by atoms with Crippen molar-refractivity contribution < 1.29 is 9.28 Å². The molecule has 1 N–H and O–H groups in total. The van der Waals surface area contributed by atoms with Crippen LogP contribution in [0.3, 0.4) is 0 Å². The smallest absolute Gasteiger partial charge is 0.220 e. The van der Waals surface area contributed by atoms with Gasteiger partial charge in [0, 0.05) is 12.0 Å². The Labute approximate surface area is 155 Å². The van der Waals surface area contributed by atoms with E-state index in [9.17, 15) is 4.79 Å². The molecule has 0 spiro atoms. The van der Waals surface area contributed by atoms with E-state index in [2.05, 4.69) is 63.6 Å². The zero-order valence-corrected chi connectivity index (χ0v) is 16.9. The predicted octanol–water partition coefficient (Wildman–Crippen LogP) is 4.91. The Hall–Kier alpha value is -1.35. The third-order valence-electron chi connectivity index (χ3n) is 4.64. The first-order chi connectivity index (χ1) is 11.9. The molecule has 0 aliphatic rings. The number of benzene rings is 1. The van der Waals surface area contributed by atoms with Crippen molar-refractivity contribution in [3.8, 4) is 0 Å². The molecule has 0 heterocycles. The summed E-state index contributed by atoms with van der Waals surface area (Å²) in [6, 6.07) is 10.8. The summed E-state index contributed by atoms with van der Waals surface area (Å²) in [6.07, 6.45) is 9.43. The van der Waals surface area contributed by atoms with E-state index in [0.717, 1.165) is 24.0 Å². The third-order valence-corrected chi connectivity index (χ3v) is 4.64. The minimum absolute atomic E-state index is 0.204. The molecule has 1 atom stereocenters. The maximum Gasteiger partial charge on any atom is 0.220 e. The summed E-state index contributed by atoms with van der Waals surface area (Å²) in [4.78, 5) is 12.1. The van der Waals surface area contributed by atoms with Gasteiger partial charge >= 0.3 is 0 Å². The quantitative estimate of drug-likeness (QED) is 0.399. The molecule has 0 aliphatic carbocycles. The van der Waals surface area contributed by atoms with Crippen molar-refractivity contribution in [2.24, 2.45) is 0 Å². The van der Waals surface area contributed by atoms with E-state index in [1.807, 2.05) is 0 Å². The lowest BCUT2D eigenvalue weighted by atomic mass is 10.1. The van der Waals surface area contributed by atoms with Crippen molar-refractivity contribution in [2.45, 2.75) is 77.8 Å². The largest absolute Gasteiger partial charge is 0.348 e. The maximum atomic E-state index is 12.1. The second kappa shape index (κ2) is 12.1. The number of amides is 1. The van der Waals surface area contributed by atoms with Crippen molar-refractivity contribution in [3.05, 3.63) is 35.9 Å². The summed E-state index contributed by atoms with van der Waals surface area (Å²) in [5.41, 5.74) is 1.34. The number of carbonyl (C=O) groups is 1. The van der Waals surface area contributed by atoms with E-state index in [-0.39, 0.29) is 11.9 Å². The number of likely N-dealkylation sites (N-methyl/N-ethyl adjacent to an activating group) is 1. The fraction of sp³-hybridized carbons (Fsp3) is 0.682. The van der Waals surface area contributed by atoms with Crippen LogP contribution in [0.15, 0.2) is 30.3 Å². The Morgan fingerprint density at radius 1 is 1.00 bits per heavy atom. The Morgan fingerprint density at radius 3 is 2.24 bits per heavy atom. The molecule has 3 nitrogen and oxygen atoms in total. The highest BCUT2D eigenvalue weighted by atomic mass is 16.1. The minimum atomic E-state index is 0.204. The number of rotatable bonds is 13. The van der Waals surface area contributed by atoms with Gasteiger partial charge in [-0.15, -0.1) is 0 Å². The highest BCUT2D eigenvalue weighted by molar-refractivity contribution is 5.76. The zero-order valence-electron chi connectivity index (χ0n) is 16.9. The Kier molecular flexibility index (Phi) is 10.5. The van der Waals surface area contributed by atoms with E-state index in [1.165, 1.54) is 44.1 Å².